The van der Waals surface area contributed by atoms with E-state index < -0.39 is 0 Å². The maximum Gasteiger partial charge on any atom is 0.0766 e. The van der Waals surface area contributed by atoms with Crippen molar-refractivity contribution in [2.75, 3.05) is 13.6 Å². The average molecular weight is 358 g/mol. The van der Waals surface area contributed by atoms with Crippen LogP contribution in [-0.4, -0.2) is 23.4 Å². The minimum atomic E-state index is 0.339. The zero-order chi connectivity index (χ0) is 15.9. The summed E-state index contributed by atoms with van der Waals surface area (Å²) in [5.74, 6) is 0. The van der Waals surface area contributed by atoms with Crippen molar-refractivity contribution >= 4 is 15.9 Å². The van der Waals surface area contributed by atoms with Crippen LogP contribution in [0.5, 0.6) is 0 Å². The normalized spacial score (nSPS) is 14.4. The molecule has 0 spiro atoms. The fraction of sp³-hybridized carbons (Fsp3) is 0.824. The molecule has 122 valence electrons. The molecule has 4 heteroatoms. The van der Waals surface area contributed by atoms with Crippen molar-refractivity contribution in [3.63, 3.8) is 0 Å². The molecule has 0 fully saturated rings. The summed E-state index contributed by atoms with van der Waals surface area (Å²) in [4.78, 5) is 0. The highest BCUT2D eigenvalue weighted by atomic mass is 79.9. The number of hydrogen-bond acceptors (Lipinski definition) is 2. The maximum absolute atomic E-state index is 4.75. The van der Waals surface area contributed by atoms with E-state index in [-0.39, 0.29) is 0 Å². The Morgan fingerprint density at radius 1 is 1.24 bits per heavy atom. The molecule has 1 rings (SSSR count). The Bertz CT molecular complexity index is 428. The molecule has 0 aromatic carbocycles. The van der Waals surface area contributed by atoms with Crippen LogP contribution >= 0.6 is 15.9 Å². The zero-order valence-corrected chi connectivity index (χ0v) is 16.0. The van der Waals surface area contributed by atoms with Crippen molar-refractivity contribution < 1.29 is 0 Å². The van der Waals surface area contributed by atoms with E-state index in [4.69, 9.17) is 5.10 Å². The fourth-order valence-electron chi connectivity index (χ4n) is 3.13. The number of hydrogen-bond donors (Lipinski definition) is 1. The number of rotatable bonds is 10. The Morgan fingerprint density at radius 2 is 1.95 bits per heavy atom. The second-order valence-corrected chi connectivity index (χ2v) is 6.83. The summed E-state index contributed by atoms with van der Waals surface area (Å²) in [6, 6.07) is 0. The summed E-state index contributed by atoms with van der Waals surface area (Å²) in [7, 11) is 2.07. The highest BCUT2D eigenvalue weighted by Gasteiger charge is 2.30. The van der Waals surface area contributed by atoms with Gasteiger partial charge in [-0.1, -0.05) is 33.6 Å². The third-order valence-electron chi connectivity index (χ3n) is 4.60. The third kappa shape index (κ3) is 4.56. The molecule has 1 unspecified atom stereocenters. The van der Waals surface area contributed by atoms with E-state index in [1.807, 2.05) is 0 Å². The van der Waals surface area contributed by atoms with E-state index in [0.29, 0.717) is 5.41 Å². The van der Waals surface area contributed by atoms with Gasteiger partial charge in [-0.05, 0) is 61.0 Å². The summed E-state index contributed by atoms with van der Waals surface area (Å²) in [6.45, 7) is 11.0. The molecule has 0 aliphatic heterocycles. The first kappa shape index (κ1) is 18.7. The number of unbranched alkanes of at least 4 members (excludes halogenated alkanes) is 1. The van der Waals surface area contributed by atoms with Crippen molar-refractivity contribution in [2.45, 2.75) is 72.8 Å². The number of nitrogens with one attached hydrogen (secondary N) is 1. The van der Waals surface area contributed by atoms with Crippen LogP contribution in [0.3, 0.4) is 0 Å². The second kappa shape index (κ2) is 8.94. The summed E-state index contributed by atoms with van der Waals surface area (Å²) in [5, 5.41) is 8.18. The van der Waals surface area contributed by atoms with E-state index in [9.17, 15) is 0 Å². The molecule has 21 heavy (non-hydrogen) atoms. The van der Waals surface area contributed by atoms with Gasteiger partial charge in [0.2, 0.25) is 0 Å². The molecule has 0 saturated heterocycles. The molecule has 0 radical (unpaired) electrons. The second-order valence-electron chi connectivity index (χ2n) is 6.04. The van der Waals surface area contributed by atoms with E-state index in [2.05, 4.69) is 60.7 Å². The predicted octanol–water partition coefficient (Wildman–Crippen LogP) is 4.58. The first-order valence-electron chi connectivity index (χ1n) is 8.46. The van der Waals surface area contributed by atoms with Crippen molar-refractivity contribution in [3.05, 3.63) is 15.9 Å². The van der Waals surface area contributed by atoms with E-state index >= 15 is 0 Å². The van der Waals surface area contributed by atoms with Gasteiger partial charge in [0.15, 0.2) is 0 Å². The van der Waals surface area contributed by atoms with Crippen LogP contribution < -0.4 is 5.32 Å². The lowest BCUT2D eigenvalue weighted by molar-refractivity contribution is 0.229. The van der Waals surface area contributed by atoms with Gasteiger partial charge < -0.3 is 5.32 Å². The van der Waals surface area contributed by atoms with Crippen LogP contribution in [0.15, 0.2) is 4.47 Å². The minimum Gasteiger partial charge on any atom is -0.319 e. The molecule has 1 aromatic rings. The van der Waals surface area contributed by atoms with Crippen LogP contribution in [0.2, 0.25) is 0 Å². The summed E-state index contributed by atoms with van der Waals surface area (Å²) in [5.41, 5.74) is 2.91. The summed E-state index contributed by atoms with van der Waals surface area (Å²) < 4.78 is 3.42. The zero-order valence-electron chi connectivity index (χ0n) is 14.4. The van der Waals surface area contributed by atoms with Gasteiger partial charge in [-0.15, -0.1) is 0 Å². The smallest absolute Gasteiger partial charge is 0.0766 e. The van der Waals surface area contributed by atoms with Gasteiger partial charge in [0, 0.05) is 13.1 Å². The SMILES string of the molecule is CCCCC(CC)(CNC)Cc1c(Br)c(CC)nn1CC. The van der Waals surface area contributed by atoms with Gasteiger partial charge in [0.1, 0.15) is 0 Å². The highest BCUT2D eigenvalue weighted by molar-refractivity contribution is 9.10. The molecule has 0 aliphatic carbocycles. The Kier molecular flexibility index (Phi) is 7.96. The molecule has 1 aromatic heterocycles. The number of aromatic nitrogens is 2. The molecule has 1 N–H and O–H groups in total. The summed E-state index contributed by atoms with van der Waals surface area (Å²) in [6.07, 6.45) is 7.14. The van der Waals surface area contributed by atoms with Crippen LogP contribution in [-0.2, 0) is 19.4 Å². The topological polar surface area (TPSA) is 29.9 Å². The molecule has 0 bridgehead atoms. The van der Waals surface area contributed by atoms with Gasteiger partial charge in [0.25, 0.3) is 0 Å². The molecule has 1 heterocycles. The Hall–Kier alpha value is -0.350. The lowest BCUT2D eigenvalue weighted by Gasteiger charge is -2.33. The Balaban J connectivity index is 3.09. The standard InChI is InChI=1S/C17H32BrN3/c1-6-10-11-17(8-3,13-19-5)12-15-16(18)14(7-2)20-21(15)9-4/h19H,6-13H2,1-5H3. The van der Waals surface area contributed by atoms with Crippen LogP contribution in [0.1, 0.15) is 64.8 Å². The molecule has 0 amide bonds. The third-order valence-corrected chi connectivity index (χ3v) is 5.51. The van der Waals surface area contributed by atoms with Gasteiger partial charge >= 0.3 is 0 Å². The van der Waals surface area contributed by atoms with Gasteiger partial charge in [0.05, 0.1) is 15.9 Å². The average Bonchev–Trinajstić information content (AvgIpc) is 2.80. The molecule has 0 aliphatic rings. The Morgan fingerprint density at radius 3 is 2.43 bits per heavy atom. The molecular formula is C17H32BrN3. The van der Waals surface area contributed by atoms with E-state index in [0.717, 1.165) is 25.9 Å². The number of nitrogens with zero attached hydrogens (tertiary/aromatic N) is 2. The van der Waals surface area contributed by atoms with E-state index in [1.54, 1.807) is 0 Å². The van der Waals surface area contributed by atoms with Crippen molar-refractivity contribution in [3.8, 4) is 0 Å². The number of aryl methyl sites for hydroxylation is 2. The molecule has 0 saturated carbocycles. The minimum absolute atomic E-state index is 0.339. The Labute approximate surface area is 139 Å². The molecule has 1 atom stereocenters. The van der Waals surface area contributed by atoms with Gasteiger partial charge in [-0.3, -0.25) is 4.68 Å². The van der Waals surface area contributed by atoms with Crippen LogP contribution in [0.4, 0.5) is 0 Å². The fourth-order valence-corrected chi connectivity index (χ4v) is 3.84. The maximum atomic E-state index is 4.75. The van der Waals surface area contributed by atoms with Crippen molar-refractivity contribution in [2.24, 2.45) is 5.41 Å². The quantitative estimate of drug-likeness (QED) is 0.664. The van der Waals surface area contributed by atoms with Crippen molar-refractivity contribution in [1.29, 1.82) is 0 Å². The molecular weight excluding hydrogens is 326 g/mol. The van der Waals surface area contributed by atoms with Crippen LogP contribution in [0, 0.1) is 5.41 Å². The largest absolute Gasteiger partial charge is 0.319 e. The number of halogens is 1. The lowest BCUT2D eigenvalue weighted by Crippen LogP contribution is -2.35. The van der Waals surface area contributed by atoms with Crippen molar-refractivity contribution in [1.82, 2.24) is 15.1 Å². The van der Waals surface area contributed by atoms with Gasteiger partial charge in [-0.2, -0.15) is 5.10 Å². The van der Waals surface area contributed by atoms with Crippen LogP contribution in [0.25, 0.3) is 0 Å². The monoisotopic (exact) mass is 357 g/mol. The summed E-state index contributed by atoms with van der Waals surface area (Å²) >= 11 is 3.80. The predicted molar refractivity (Wildman–Crippen MR) is 94.9 cm³/mol. The van der Waals surface area contributed by atoms with Gasteiger partial charge in [-0.25, -0.2) is 0 Å². The lowest BCUT2D eigenvalue weighted by atomic mass is 9.76. The molecule has 3 nitrogen and oxygen atoms in total. The van der Waals surface area contributed by atoms with E-state index in [1.165, 1.54) is 41.5 Å². The highest BCUT2D eigenvalue weighted by Crippen LogP contribution is 2.36. The first-order valence-corrected chi connectivity index (χ1v) is 9.25. The first-order chi connectivity index (χ1) is 10.1.